The molecule has 1 fully saturated rings. The lowest BCUT2D eigenvalue weighted by Gasteiger charge is -2.24. The Morgan fingerprint density at radius 1 is 1.22 bits per heavy atom. The summed E-state index contributed by atoms with van der Waals surface area (Å²) < 4.78 is 57.0. The van der Waals surface area contributed by atoms with Gasteiger partial charge in [0.25, 0.3) is 0 Å². The van der Waals surface area contributed by atoms with Gasteiger partial charge >= 0.3 is 12.0 Å². The summed E-state index contributed by atoms with van der Waals surface area (Å²) in [5.41, 5.74) is -0.335. The van der Waals surface area contributed by atoms with Crippen LogP contribution in [0, 0.1) is 0 Å². The number of benzene rings is 1. The minimum atomic E-state index is -3.51. The van der Waals surface area contributed by atoms with Crippen molar-refractivity contribution in [3.8, 4) is 0 Å². The van der Waals surface area contributed by atoms with Gasteiger partial charge in [-0.2, -0.15) is 8.78 Å². The average molecular weight is 456 g/mol. The summed E-state index contributed by atoms with van der Waals surface area (Å²) in [4.78, 5) is 13.3. The van der Waals surface area contributed by atoms with E-state index in [9.17, 15) is 27.5 Å². The van der Waals surface area contributed by atoms with E-state index in [0.29, 0.717) is 0 Å². The Kier molecular flexibility index (Phi) is 7.44. The fourth-order valence-corrected chi connectivity index (χ4v) is 3.40. The molecule has 0 bridgehead atoms. The van der Waals surface area contributed by atoms with Gasteiger partial charge < -0.3 is 15.3 Å². The van der Waals surface area contributed by atoms with Crippen molar-refractivity contribution < 1.29 is 27.5 Å². The zero-order chi connectivity index (χ0) is 23.2. The van der Waals surface area contributed by atoms with Gasteiger partial charge in [0.2, 0.25) is 5.92 Å². The summed E-state index contributed by atoms with van der Waals surface area (Å²) >= 11 is 0. The molecule has 3 rings (SSSR count). The molecule has 12 heteroatoms. The Morgan fingerprint density at radius 2 is 1.97 bits per heavy atom. The molecule has 2 amide bonds. The summed E-state index contributed by atoms with van der Waals surface area (Å²) in [6, 6.07) is 5.80. The lowest BCUT2D eigenvalue weighted by Crippen LogP contribution is -2.35. The van der Waals surface area contributed by atoms with Crippen molar-refractivity contribution in [1.29, 1.82) is 0 Å². The number of aromatic amines is 1. The van der Waals surface area contributed by atoms with Crippen LogP contribution in [0.2, 0.25) is 0 Å². The second-order valence-electron chi connectivity index (χ2n) is 7.57. The van der Waals surface area contributed by atoms with Gasteiger partial charge in [0.05, 0.1) is 6.04 Å². The average Bonchev–Trinajstić information content (AvgIpc) is 3.41. The summed E-state index contributed by atoms with van der Waals surface area (Å²) in [7, 11) is 0. The van der Waals surface area contributed by atoms with Gasteiger partial charge in [0.15, 0.2) is 0 Å². The summed E-state index contributed by atoms with van der Waals surface area (Å²) in [6.07, 6.45) is -0.758. The Hall–Kier alpha value is -3.02. The lowest BCUT2D eigenvalue weighted by atomic mass is 10.0. The molecule has 174 valence electrons. The number of hydrogen-bond donors (Lipinski definition) is 3. The number of aliphatic hydroxyl groups excluding tert-OH is 1. The molecule has 0 saturated carbocycles. The van der Waals surface area contributed by atoms with Gasteiger partial charge in [-0.15, -0.1) is 5.10 Å². The van der Waals surface area contributed by atoms with E-state index in [-0.39, 0.29) is 37.3 Å². The number of alkyl halides is 4. The molecule has 0 aliphatic carbocycles. The molecular formula is C20H24F4N6O2. The molecular weight excluding hydrogens is 432 g/mol. The lowest BCUT2D eigenvalue weighted by molar-refractivity contribution is -0.0929. The normalized spacial score (nSPS) is 18.3. The number of aromatic nitrogens is 4. The number of urea groups is 1. The third-order valence-electron chi connectivity index (χ3n) is 5.23. The van der Waals surface area contributed by atoms with Crippen molar-refractivity contribution in [2.45, 2.75) is 49.7 Å². The van der Waals surface area contributed by atoms with Gasteiger partial charge in [-0.25, -0.2) is 18.7 Å². The number of carbonyl (C=O) groups is 1. The van der Waals surface area contributed by atoms with E-state index in [0.717, 1.165) is 6.08 Å². The fraction of sp³-hybridized carbons (Fsp3) is 0.500. The highest BCUT2D eigenvalue weighted by atomic mass is 19.3. The van der Waals surface area contributed by atoms with Gasteiger partial charge in [-0.1, -0.05) is 42.5 Å². The third-order valence-corrected chi connectivity index (χ3v) is 5.23. The van der Waals surface area contributed by atoms with Gasteiger partial charge in [-0.3, -0.25) is 0 Å². The molecule has 1 aliphatic heterocycles. The molecule has 1 aromatic carbocycles. The van der Waals surface area contributed by atoms with Crippen LogP contribution in [0.3, 0.4) is 0 Å². The van der Waals surface area contributed by atoms with Crippen molar-refractivity contribution >= 4 is 6.03 Å². The van der Waals surface area contributed by atoms with Crippen LogP contribution in [-0.2, 0) is 12.3 Å². The number of aryl methyl sites for hydroxylation is 1. The van der Waals surface area contributed by atoms with Crippen LogP contribution in [0.25, 0.3) is 0 Å². The molecule has 1 aromatic heterocycles. The number of amides is 2. The number of nitrogens with zero attached hydrogens (tertiary/aromatic N) is 4. The molecule has 2 aromatic rings. The van der Waals surface area contributed by atoms with Crippen molar-refractivity contribution in [2.24, 2.45) is 0 Å². The predicted molar refractivity (Wildman–Crippen MR) is 106 cm³/mol. The Balaban J connectivity index is 1.52. The van der Waals surface area contributed by atoms with Gasteiger partial charge in [0, 0.05) is 37.9 Å². The number of halogens is 4. The van der Waals surface area contributed by atoms with E-state index in [1.54, 1.807) is 6.07 Å². The number of rotatable bonds is 11. The van der Waals surface area contributed by atoms with E-state index in [2.05, 4.69) is 25.9 Å². The maximum atomic E-state index is 14.4. The number of nitrogens with one attached hydrogen (secondary N) is 2. The van der Waals surface area contributed by atoms with E-state index in [4.69, 9.17) is 0 Å². The van der Waals surface area contributed by atoms with Crippen LogP contribution < -0.4 is 5.32 Å². The first-order valence-corrected chi connectivity index (χ1v) is 10.1. The minimum absolute atomic E-state index is 0.0108. The number of H-pyrrole nitrogens is 1. The Labute approximate surface area is 181 Å². The molecule has 0 radical (unpaired) electrons. The van der Waals surface area contributed by atoms with Gasteiger partial charge in [-0.05, 0) is 16.8 Å². The first kappa shape index (κ1) is 23.6. The highest BCUT2D eigenvalue weighted by molar-refractivity contribution is 5.77. The zero-order valence-corrected chi connectivity index (χ0v) is 17.1. The van der Waals surface area contributed by atoms with E-state index < -0.39 is 42.9 Å². The SMILES string of the molecule is O=C1NC[C@H](C=CC(O)C(F)(F)c2ccccc2)N1CCCC(F)(F)CCc1nnn[nH]1. The summed E-state index contributed by atoms with van der Waals surface area (Å²) in [6.45, 7) is 0.152. The molecule has 2 atom stereocenters. The molecule has 2 heterocycles. The number of carbonyl (C=O) groups excluding carboxylic acids is 1. The van der Waals surface area contributed by atoms with E-state index in [1.165, 1.54) is 35.2 Å². The van der Waals surface area contributed by atoms with Crippen molar-refractivity contribution in [2.75, 3.05) is 13.1 Å². The molecule has 8 nitrogen and oxygen atoms in total. The second-order valence-corrected chi connectivity index (χ2v) is 7.57. The number of hydrogen-bond acceptors (Lipinski definition) is 5. The quantitative estimate of drug-likeness (QED) is 0.356. The maximum absolute atomic E-state index is 14.4. The van der Waals surface area contributed by atoms with E-state index >= 15 is 0 Å². The van der Waals surface area contributed by atoms with Crippen LogP contribution in [0.5, 0.6) is 0 Å². The topological polar surface area (TPSA) is 107 Å². The van der Waals surface area contributed by atoms with Crippen LogP contribution in [-0.4, -0.2) is 67.8 Å². The highest BCUT2D eigenvalue weighted by Gasteiger charge is 2.39. The van der Waals surface area contributed by atoms with Crippen LogP contribution in [0.15, 0.2) is 42.5 Å². The fourth-order valence-electron chi connectivity index (χ4n) is 3.40. The molecule has 32 heavy (non-hydrogen) atoms. The summed E-state index contributed by atoms with van der Waals surface area (Å²) in [5.74, 6) is -6.22. The molecule has 1 unspecified atom stereocenters. The third kappa shape index (κ3) is 6.02. The van der Waals surface area contributed by atoms with Crippen molar-refractivity contribution in [1.82, 2.24) is 30.8 Å². The van der Waals surface area contributed by atoms with Gasteiger partial charge in [0.1, 0.15) is 11.9 Å². The van der Waals surface area contributed by atoms with Crippen molar-refractivity contribution in [3.05, 3.63) is 53.9 Å². The molecule has 1 saturated heterocycles. The number of tetrazole rings is 1. The van der Waals surface area contributed by atoms with Crippen LogP contribution in [0.1, 0.15) is 30.7 Å². The molecule has 0 spiro atoms. The highest BCUT2D eigenvalue weighted by Crippen LogP contribution is 2.32. The van der Waals surface area contributed by atoms with Crippen molar-refractivity contribution in [3.63, 3.8) is 0 Å². The first-order valence-electron chi connectivity index (χ1n) is 10.1. The maximum Gasteiger partial charge on any atom is 0.318 e. The standard InChI is InChI=1S/C20H24F4N6O2/c21-19(22,11-9-17-26-28-29-27-17)10-4-12-30-15(13-25-18(30)32)7-8-16(31)20(23,24)14-5-2-1-3-6-14/h1-3,5-8,15-16,31H,4,9-13H2,(H,25,32)(H,26,27,28,29)/t15-,16?/m0/s1. The smallest absolute Gasteiger partial charge is 0.318 e. The zero-order valence-electron chi connectivity index (χ0n) is 17.1. The van der Waals surface area contributed by atoms with Crippen LogP contribution >= 0.6 is 0 Å². The van der Waals surface area contributed by atoms with Crippen LogP contribution in [0.4, 0.5) is 22.4 Å². The minimum Gasteiger partial charge on any atom is -0.382 e. The monoisotopic (exact) mass is 456 g/mol. The first-order chi connectivity index (χ1) is 15.2. The Bertz CT molecular complexity index is 895. The largest absolute Gasteiger partial charge is 0.382 e. The summed E-state index contributed by atoms with van der Waals surface area (Å²) in [5, 5.41) is 25.2. The predicted octanol–water partition coefficient (Wildman–Crippen LogP) is 2.65. The Morgan fingerprint density at radius 3 is 2.66 bits per heavy atom. The molecule has 1 aliphatic rings. The molecule has 3 N–H and O–H groups in total. The number of aliphatic hydroxyl groups is 1. The van der Waals surface area contributed by atoms with E-state index in [1.807, 2.05) is 0 Å². The second kappa shape index (κ2) is 10.1.